The first-order valence-corrected chi connectivity index (χ1v) is 6.14. The van der Waals surface area contributed by atoms with Gasteiger partial charge in [-0.1, -0.05) is 18.2 Å². The van der Waals surface area contributed by atoms with Crippen LogP contribution < -0.4 is 4.74 Å². The van der Waals surface area contributed by atoms with Crippen molar-refractivity contribution in [1.82, 2.24) is 9.97 Å². The summed E-state index contributed by atoms with van der Waals surface area (Å²) in [6, 6.07) is 12.1. The zero-order chi connectivity index (χ0) is 13.2. The fourth-order valence-electron chi connectivity index (χ4n) is 2.19. The van der Waals surface area contributed by atoms with Crippen molar-refractivity contribution in [2.75, 3.05) is 7.11 Å². The third-order valence-corrected chi connectivity index (χ3v) is 3.21. The van der Waals surface area contributed by atoms with Crippen LogP contribution >= 0.6 is 0 Å². The van der Waals surface area contributed by atoms with E-state index in [1.54, 1.807) is 13.3 Å². The molecule has 0 bridgehead atoms. The SMILES string of the molecule is COc1nc2ccccc2cc1-c1cnccc1C. The Hall–Kier alpha value is -2.42. The van der Waals surface area contributed by atoms with E-state index in [1.165, 1.54) is 0 Å². The smallest absolute Gasteiger partial charge is 0.221 e. The number of benzene rings is 1. The molecule has 0 unspecified atom stereocenters. The summed E-state index contributed by atoms with van der Waals surface area (Å²) in [6.07, 6.45) is 3.64. The van der Waals surface area contributed by atoms with Crippen molar-refractivity contribution in [2.45, 2.75) is 6.92 Å². The normalized spacial score (nSPS) is 10.6. The maximum absolute atomic E-state index is 5.42. The summed E-state index contributed by atoms with van der Waals surface area (Å²) in [6.45, 7) is 2.06. The lowest BCUT2D eigenvalue weighted by Gasteiger charge is -2.11. The molecular weight excluding hydrogens is 236 g/mol. The number of methoxy groups -OCH3 is 1. The summed E-state index contributed by atoms with van der Waals surface area (Å²) < 4.78 is 5.42. The lowest BCUT2D eigenvalue weighted by molar-refractivity contribution is 0.401. The Labute approximate surface area is 111 Å². The van der Waals surface area contributed by atoms with Crippen LogP contribution in [0.15, 0.2) is 48.8 Å². The van der Waals surface area contributed by atoms with Crippen LogP contribution in [0.1, 0.15) is 5.56 Å². The molecule has 3 rings (SSSR count). The van der Waals surface area contributed by atoms with Gasteiger partial charge >= 0.3 is 0 Å². The number of ether oxygens (including phenoxy) is 1. The molecule has 0 aliphatic carbocycles. The number of pyridine rings is 2. The van der Waals surface area contributed by atoms with Crippen molar-refractivity contribution in [3.63, 3.8) is 0 Å². The molecule has 0 fully saturated rings. The van der Waals surface area contributed by atoms with Gasteiger partial charge in [0.05, 0.1) is 12.6 Å². The average molecular weight is 250 g/mol. The quantitative estimate of drug-likeness (QED) is 0.696. The predicted octanol–water partition coefficient (Wildman–Crippen LogP) is 3.61. The minimum atomic E-state index is 0.634. The Morgan fingerprint density at radius 2 is 1.89 bits per heavy atom. The van der Waals surface area contributed by atoms with Crippen LogP contribution in [0.3, 0.4) is 0 Å². The molecule has 0 amide bonds. The van der Waals surface area contributed by atoms with Crippen molar-refractivity contribution < 1.29 is 4.74 Å². The molecule has 0 saturated heterocycles. The summed E-state index contributed by atoms with van der Waals surface area (Å²) in [5.74, 6) is 0.634. The van der Waals surface area contributed by atoms with Gasteiger partial charge in [0.15, 0.2) is 0 Å². The van der Waals surface area contributed by atoms with Crippen LogP contribution in [-0.2, 0) is 0 Å². The molecular formula is C16H14N2O. The van der Waals surface area contributed by atoms with E-state index in [-0.39, 0.29) is 0 Å². The van der Waals surface area contributed by atoms with Gasteiger partial charge in [0.1, 0.15) is 0 Å². The van der Waals surface area contributed by atoms with Crippen molar-refractivity contribution >= 4 is 10.9 Å². The van der Waals surface area contributed by atoms with Gasteiger partial charge in [0, 0.05) is 28.9 Å². The van der Waals surface area contributed by atoms with Crippen molar-refractivity contribution in [3.05, 3.63) is 54.4 Å². The van der Waals surface area contributed by atoms with Gasteiger partial charge in [-0.3, -0.25) is 4.98 Å². The predicted molar refractivity (Wildman–Crippen MR) is 76.3 cm³/mol. The zero-order valence-electron chi connectivity index (χ0n) is 10.9. The molecule has 3 nitrogen and oxygen atoms in total. The standard InChI is InChI=1S/C16H14N2O/c1-11-7-8-17-10-14(11)13-9-12-5-3-4-6-15(12)18-16(13)19-2/h3-10H,1-2H3. The summed E-state index contributed by atoms with van der Waals surface area (Å²) >= 11 is 0. The highest BCUT2D eigenvalue weighted by atomic mass is 16.5. The number of fused-ring (bicyclic) bond motifs is 1. The molecule has 3 heteroatoms. The van der Waals surface area contributed by atoms with Gasteiger partial charge in [0.25, 0.3) is 0 Å². The molecule has 0 radical (unpaired) electrons. The van der Waals surface area contributed by atoms with E-state index in [4.69, 9.17) is 4.74 Å². The van der Waals surface area contributed by atoms with E-state index in [9.17, 15) is 0 Å². The van der Waals surface area contributed by atoms with Crippen LogP contribution in [0.2, 0.25) is 0 Å². The first-order valence-electron chi connectivity index (χ1n) is 6.14. The van der Waals surface area contributed by atoms with Crippen LogP contribution in [0.5, 0.6) is 5.88 Å². The molecule has 0 N–H and O–H groups in total. The van der Waals surface area contributed by atoms with E-state index >= 15 is 0 Å². The van der Waals surface area contributed by atoms with Crippen molar-refractivity contribution in [3.8, 4) is 17.0 Å². The van der Waals surface area contributed by atoms with Gasteiger partial charge in [-0.25, -0.2) is 4.98 Å². The molecule has 2 aromatic heterocycles. The first-order chi connectivity index (χ1) is 9.29. The Morgan fingerprint density at radius 1 is 1.05 bits per heavy atom. The Kier molecular flexibility index (Phi) is 2.88. The van der Waals surface area contributed by atoms with E-state index in [2.05, 4.69) is 29.0 Å². The first kappa shape index (κ1) is 11.7. The van der Waals surface area contributed by atoms with Crippen molar-refractivity contribution in [1.29, 1.82) is 0 Å². The molecule has 19 heavy (non-hydrogen) atoms. The second-order valence-corrected chi connectivity index (χ2v) is 4.43. The Balaban J connectivity index is 2.31. The number of hydrogen-bond acceptors (Lipinski definition) is 3. The minimum absolute atomic E-state index is 0.634. The third-order valence-electron chi connectivity index (χ3n) is 3.21. The molecule has 0 aliphatic rings. The van der Waals surface area contributed by atoms with E-state index in [0.29, 0.717) is 5.88 Å². The molecule has 94 valence electrons. The lowest BCUT2D eigenvalue weighted by Crippen LogP contribution is -1.94. The Morgan fingerprint density at radius 3 is 2.68 bits per heavy atom. The number of nitrogens with zero attached hydrogens (tertiary/aromatic N) is 2. The van der Waals surface area contributed by atoms with E-state index in [1.807, 2.05) is 30.5 Å². The number of aryl methyl sites for hydroxylation is 1. The van der Waals surface area contributed by atoms with Gasteiger partial charge in [-0.15, -0.1) is 0 Å². The molecule has 1 aromatic carbocycles. The van der Waals surface area contributed by atoms with E-state index < -0.39 is 0 Å². The number of hydrogen-bond donors (Lipinski definition) is 0. The molecule has 0 atom stereocenters. The number of para-hydroxylation sites is 1. The maximum Gasteiger partial charge on any atom is 0.221 e. The minimum Gasteiger partial charge on any atom is -0.481 e. The van der Waals surface area contributed by atoms with Gasteiger partial charge in [-0.2, -0.15) is 0 Å². The fourth-order valence-corrected chi connectivity index (χ4v) is 2.19. The summed E-state index contributed by atoms with van der Waals surface area (Å²) in [4.78, 5) is 8.76. The topological polar surface area (TPSA) is 35.0 Å². The summed E-state index contributed by atoms with van der Waals surface area (Å²) in [5, 5.41) is 1.10. The second kappa shape index (κ2) is 4.69. The molecule has 0 spiro atoms. The highest BCUT2D eigenvalue weighted by molar-refractivity contribution is 5.86. The van der Waals surface area contributed by atoms with Crippen LogP contribution in [0.25, 0.3) is 22.0 Å². The molecule has 3 aromatic rings. The molecule has 0 saturated carbocycles. The number of aromatic nitrogens is 2. The van der Waals surface area contributed by atoms with Crippen LogP contribution in [0.4, 0.5) is 0 Å². The highest BCUT2D eigenvalue weighted by Gasteiger charge is 2.11. The Bertz CT molecular complexity index is 738. The number of rotatable bonds is 2. The largest absolute Gasteiger partial charge is 0.481 e. The fraction of sp³-hybridized carbons (Fsp3) is 0.125. The third kappa shape index (κ3) is 2.03. The van der Waals surface area contributed by atoms with Crippen LogP contribution in [0, 0.1) is 6.92 Å². The van der Waals surface area contributed by atoms with E-state index in [0.717, 1.165) is 27.6 Å². The monoisotopic (exact) mass is 250 g/mol. The average Bonchev–Trinajstić information content (AvgIpc) is 2.46. The zero-order valence-corrected chi connectivity index (χ0v) is 10.9. The lowest BCUT2D eigenvalue weighted by atomic mass is 10.0. The van der Waals surface area contributed by atoms with Crippen LogP contribution in [-0.4, -0.2) is 17.1 Å². The second-order valence-electron chi connectivity index (χ2n) is 4.43. The van der Waals surface area contributed by atoms with Gasteiger partial charge in [0.2, 0.25) is 5.88 Å². The maximum atomic E-state index is 5.42. The van der Waals surface area contributed by atoms with Gasteiger partial charge < -0.3 is 4.74 Å². The summed E-state index contributed by atoms with van der Waals surface area (Å²) in [7, 11) is 1.65. The molecule has 0 aliphatic heterocycles. The van der Waals surface area contributed by atoms with Crippen molar-refractivity contribution in [2.24, 2.45) is 0 Å². The molecule has 2 heterocycles. The summed E-state index contributed by atoms with van der Waals surface area (Å²) in [5.41, 5.74) is 4.12. The van der Waals surface area contributed by atoms with Gasteiger partial charge in [-0.05, 0) is 30.7 Å². The highest BCUT2D eigenvalue weighted by Crippen LogP contribution is 2.32.